The molecule has 0 spiro atoms. The summed E-state index contributed by atoms with van der Waals surface area (Å²) in [5, 5.41) is 3.17. The van der Waals surface area contributed by atoms with Crippen molar-refractivity contribution in [3.8, 4) is 0 Å². The van der Waals surface area contributed by atoms with Crippen LogP contribution in [0.4, 0.5) is 5.69 Å². The highest BCUT2D eigenvalue weighted by Gasteiger charge is 2.15. The lowest BCUT2D eigenvalue weighted by Gasteiger charge is -2.17. The number of carbonyl (C=O) groups excluding carboxylic acids is 1. The Labute approximate surface area is 111 Å². The van der Waals surface area contributed by atoms with Crippen molar-refractivity contribution in [2.45, 2.75) is 25.8 Å². The van der Waals surface area contributed by atoms with Crippen molar-refractivity contribution < 1.29 is 4.79 Å². The summed E-state index contributed by atoms with van der Waals surface area (Å²) in [6.07, 6.45) is 1.23. The molecule has 0 aliphatic heterocycles. The molecule has 2 rings (SSSR count). The van der Waals surface area contributed by atoms with Gasteiger partial charge in [0, 0.05) is 35.0 Å². The van der Waals surface area contributed by atoms with Crippen LogP contribution in [0.3, 0.4) is 0 Å². The van der Waals surface area contributed by atoms with E-state index in [1.54, 1.807) is 16.2 Å². The predicted octanol–water partition coefficient (Wildman–Crippen LogP) is 2.99. The molecule has 18 heavy (non-hydrogen) atoms. The van der Waals surface area contributed by atoms with Crippen molar-refractivity contribution in [2.75, 3.05) is 11.9 Å². The molecule has 1 aromatic carbocycles. The maximum atomic E-state index is 12.1. The lowest BCUT2D eigenvalue weighted by atomic mass is 10.1. The second-order valence-electron chi connectivity index (χ2n) is 4.59. The minimum absolute atomic E-state index is 0.0709. The van der Waals surface area contributed by atoms with Gasteiger partial charge in [-0.15, -0.1) is 11.3 Å². The normalized spacial score (nSPS) is 12.6. The highest BCUT2D eigenvalue weighted by molar-refractivity contribution is 7.17. The van der Waals surface area contributed by atoms with Crippen LogP contribution in [-0.4, -0.2) is 19.0 Å². The van der Waals surface area contributed by atoms with Gasteiger partial charge in [0.25, 0.3) is 0 Å². The summed E-state index contributed by atoms with van der Waals surface area (Å²) in [4.78, 5) is 13.8. The van der Waals surface area contributed by atoms with Crippen LogP contribution in [0.2, 0.25) is 0 Å². The zero-order chi connectivity index (χ0) is 13.1. The first-order valence-electron chi connectivity index (χ1n) is 6.08. The van der Waals surface area contributed by atoms with E-state index in [2.05, 4.69) is 12.1 Å². The standard InChI is InChI=1S/C14H18N2OS/c1-10(15)7-8-14(17)16(2)12-9-18-13-6-4-3-5-11(12)13/h3-6,9-10H,7-8,15H2,1-2H3. The average molecular weight is 262 g/mol. The van der Waals surface area contributed by atoms with E-state index in [0.29, 0.717) is 6.42 Å². The van der Waals surface area contributed by atoms with Gasteiger partial charge in [0.2, 0.25) is 5.91 Å². The molecule has 2 aromatic rings. The number of rotatable bonds is 4. The molecule has 1 unspecified atom stereocenters. The van der Waals surface area contributed by atoms with Crippen molar-refractivity contribution in [3.63, 3.8) is 0 Å². The number of hydrogen-bond donors (Lipinski definition) is 1. The van der Waals surface area contributed by atoms with Crippen molar-refractivity contribution in [3.05, 3.63) is 29.6 Å². The number of nitrogens with zero attached hydrogens (tertiary/aromatic N) is 1. The van der Waals surface area contributed by atoms with Gasteiger partial charge in [-0.1, -0.05) is 18.2 Å². The number of carbonyl (C=O) groups is 1. The molecule has 0 saturated heterocycles. The fraction of sp³-hybridized carbons (Fsp3) is 0.357. The second-order valence-corrected chi connectivity index (χ2v) is 5.50. The van der Waals surface area contributed by atoms with Gasteiger partial charge in [-0.05, 0) is 19.4 Å². The van der Waals surface area contributed by atoms with Gasteiger partial charge >= 0.3 is 0 Å². The maximum absolute atomic E-state index is 12.1. The third kappa shape index (κ3) is 2.71. The van der Waals surface area contributed by atoms with Gasteiger partial charge < -0.3 is 10.6 Å². The molecular weight excluding hydrogens is 244 g/mol. The van der Waals surface area contributed by atoms with Crippen LogP contribution in [0.15, 0.2) is 29.6 Å². The van der Waals surface area contributed by atoms with E-state index in [1.165, 1.54) is 4.70 Å². The van der Waals surface area contributed by atoms with Crippen LogP contribution in [0.5, 0.6) is 0 Å². The van der Waals surface area contributed by atoms with Gasteiger partial charge in [-0.2, -0.15) is 0 Å². The fourth-order valence-electron chi connectivity index (χ4n) is 1.88. The Kier molecular flexibility index (Phi) is 3.99. The van der Waals surface area contributed by atoms with E-state index < -0.39 is 0 Å². The molecular formula is C14H18N2OS. The van der Waals surface area contributed by atoms with Crippen molar-refractivity contribution in [1.82, 2.24) is 0 Å². The van der Waals surface area contributed by atoms with E-state index in [4.69, 9.17) is 5.73 Å². The molecule has 3 nitrogen and oxygen atoms in total. The quantitative estimate of drug-likeness (QED) is 0.920. The number of hydrogen-bond acceptors (Lipinski definition) is 3. The van der Waals surface area contributed by atoms with Crippen LogP contribution < -0.4 is 10.6 Å². The molecule has 1 heterocycles. The van der Waals surface area contributed by atoms with Crippen molar-refractivity contribution in [2.24, 2.45) is 5.73 Å². The largest absolute Gasteiger partial charge is 0.328 e. The minimum atomic E-state index is 0.0709. The number of amides is 1. The lowest BCUT2D eigenvalue weighted by Crippen LogP contribution is -2.27. The topological polar surface area (TPSA) is 46.3 Å². The summed E-state index contributed by atoms with van der Waals surface area (Å²) in [6.45, 7) is 1.92. The van der Waals surface area contributed by atoms with Crippen LogP contribution in [0.25, 0.3) is 10.1 Å². The molecule has 1 atom stereocenters. The first-order valence-corrected chi connectivity index (χ1v) is 6.96. The zero-order valence-electron chi connectivity index (χ0n) is 10.7. The van der Waals surface area contributed by atoms with E-state index in [1.807, 2.05) is 31.5 Å². The van der Waals surface area contributed by atoms with Crippen LogP contribution in [-0.2, 0) is 4.79 Å². The van der Waals surface area contributed by atoms with E-state index >= 15 is 0 Å². The Balaban J connectivity index is 2.18. The molecule has 0 fully saturated rings. The number of fused-ring (bicyclic) bond motifs is 1. The second kappa shape index (κ2) is 5.50. The molecule has 0 aliphatic carbocycles. The van der Waals surface area contributed by atoms with E-state index in [0.717, 1.165) is 17.5 Å². The van der Waals surface area contributed by atoms with Gasteiger partial charge in [0.15, 0.2) is 0 Å². The Hall–Kier alpha value is -1.39. The van der Waals surface area contributed by atoms with Crippen LogP contribution in [0, 0.1) is 0 Å². The molecule has 0 radical (unpaired) electrons. The van der Waals surface area contributed by atoms with Gasteiger partial charge in [0.1, 0.15) is 0 Å². The Morgan fingerprint density at radius 1 is 1.44 bits per heavy atom. The summed E-state index contributed by atoms with van der Waals surface area (Å²) in [6, 6.07) is 8.21. The zero-order valence-corrected chi connectivity index (χ0v) is 11.5. The highest BCUT2D eigenvalue weighted by atomic mass is 32.1. The van der Waals surface area contributed by atoms with Crippen LogP contribution >= 0.6 is 11.3 Å². The first-order chi connectivity index (χ1) is 8.59. The number of benzene rings is 1. The SMILES string of the molecule is CC(N)CCC(=O)N(C)c1csc2ccccc12. The molecule has 4 heteroatoms. The summed E-state index contributed by atoms with van der Waals surface area (Å²) >= 11 is 1.67. The molecule has 1 aromatic heterocycles. The fourth-order valence-corrected chi connectivity index (χ4v) is 2.86. The number of nitrogens with two attached hydrogens (primary N) is 1. The minimum Gasteiger partial charge on any atom is -0.328 e. The first kappa shape index (κ1) is 13.1. The van der Waals surface area contributed by atoms with Crippen molar-refractivity contribution >= 4 is 33.0 Å². The Morgan fingerprint density at radius 2 is 2.17 bits per heavy atom. The van der Waals surface area contributed by atoms with Gasteiger partial charge in [-0.25, -0.2) is 0 Å². The molecule has 96 valence electrons. The molecule has 0 aliphatic rings. The molecule has 1 amide bonds. The molecule has 0 bridgehead atoms. The van der Waals surface area contributed by atoms with E-state index in [9.17, 15) is 4.79 Å². The molecule has 2 N–H and O–H groups in total. The Bertz CT molecular complexity index is 547. The predicted molar refractivity (Wildman–Crippen MR) is 78.1 cm³/mol. The smallest absolute Gasteiger partial charge is 0.226 e. The summed E-state index contributed by atoms with van der Waals surface area (Å²) in [5.74, 6) is 0.121. The molecule has 0 saturated carbocycles. The van der Waals surface area contributed by atoms with Gasteiger partial charge in [-0.3, -0.25) is 4.79 Å². The number of thiophene rings is 1. The third-order valence-corrected chi connectivity index (χ3v) is 3.96. The highest BCUT2D eigenvalue weighted by Crippen LogP contribution is 2.32. The lowest BCUT2D eigenvalue weighted by molar-refractivity contribution is -0.118. The summed E-state index contributed by atoms with van der Waals surface area (Å²) in [5.41, 5.74) is 6.67. The monoisotopic (exact) mass is 262 g/mol. The van der Waals surface area contributed by atoms with E-state index in [-0.39, 0.29) is 11.9 Å². The van der Waals surface area contributed by atoms with Gasteiger partial charge in [0.05, 0.1) is 5.69 Å². The Morgan fingerprint density at radius 3 is 2.89 bits per heavy atom. The van der Waals surface area contributed by atoms with Crippen molar-refractivity contribution in [1.29, 1.82) is 0 Å². The maximum Gasteiger partial charge on any atom is 0.226 e. The summed E-state index contributed by atoms with van der Waals surface area (Å²) < 4.78 is 1.21. The summed E-state index contributed by atoms with van der Waals surface area (Å²) in [7, 11) is 1.83. The third-order valence-electron chi connectivity index (χ3n) is 3.01. The average Bonchev–Trinajstić information content (AvgIpc) is 2.78. The number of anilines is 1. The van der Waals surface area contributed by atoms with Crippen LogP contribution in [0.1, 0.15) is 19.8 Å².